The van der Waals surface area contributed by atoms with Gasteiger partial charge in [0, 0.05) is 17.4 Å². The van der Waals surface area contributed by atoms with Gasteiger partial charge in [-0.15, -0.1) is 0 Å². The third-order valence-electron chi connectivity index (χ3n) is 3.83. The molecule has 0 radical (unpaired) electrons. The van der Waals surface area contributed by atoms with Crippen LogP contribution >= 0.6 is 15.9 Å². The third kappa shape index (κ3) is 4.42. The van der Waals surface area contributed by atoms with Crippen molar-refractivity contribution >= 4 is 32.9 Å². The van der Waals surface area contributed by atoms with Crippen LogP contribution in [0.3, 0.4) is 0 Å². The Labute approximate surface area is 154 Å². The molecule has 0 spiro atoms. The maximum atomic E-state index is 11.7. The maximum absolute atomic E-state index is 11.7. The zero-order chi connectivity index (χ0) is 17.6. The number of halogens is 1. The minimum absolute atomic E-state index is 0.219. The van der Waals surface area contributed by atoms with Gasteiger partial charge in [-0.2, -0.15) is 0 Å². The predicted molar refractivity (Wildman–Crippen MR) is 99.9 cm³/mol. The number of ether oxygens (including phenoxy) is 2. The number of esters is 1. The quantitative estimate of drug-likeness (QED) is 0.526. The molecule has 5 heteroatoms. The Morgan fingerprint density at radius 1 is 1.20 bits per heavy atom. The third-order valence-corrected chi connectivity index (χ3v) is 4.42. The molecule has 0 atom stereocenters. The van der Waals surface area contributed by atoms with Crippen LogP contribution in [0.4, 0.5) is 0 Å². The van der Waals surface area contributed by atoms with E-state index >= 15 is 0 Å². The summed E-state index contributed by atoms with van der Waals surface area (Å²) >= 11 is 3.53. The van der Waals surface area contributed by atoms with Crippen LogP contribution in [0.5, 0.6) is 5.75 Å². The molecule has 0 amide bonds. The van der Waals surface area contributed by atoms with Gasteiger partial charge in [-0.05, 0) is 52.7 Å². The molecule has 2 aromatic carbocycles. The van der Waals surface area contributed by atoms with Gasteiger partial charge in [0.1, 0.15) is 11.3 Å². The van der Waals surface area contributed by atoms with Crippen molar-refractivity contribution in [3.8, 4) is 5.75 Å². The molecule has 1 aromatic heterocycles. The molecule has 3 aromatic rings. The lowest BCUT2D eigenvalue weighted by atomic mass is 10.1. The van der Waals surface area contributed by atoms with Gasteiger partial charge in [-0.1, -0.05) is 18.2 Å². The number of fused-ring (bicyclic) bond motifs is 1. The summed E-state index contributed by atoms with van der Waals surface area (Å²) in [5.41, 5.74) is 2.85. The fraction of sp³-hybridized carbons (Fsp3) is 0.250. The molecule has 3 rings (SSSR count). The number of benzene rings is 2. The molecule has 0 aliphatic rings. The number of furan rings is 1. The lowest BCUT2D eigenvalue weighted by Crippen LogP contribution is -2.10. The summed E-state index contributed by atoms with van der Waals surface area (Å²) in [4.78, 5) is 11.7. The SMILES string of the molecule is CCOC(=O)Cc1ccccc1OCCc1cc(Br)c2occc2c1. The fourth-order valence-electron chi connectivity index (χ4n) is 2.68. The molecule has 1 heterocycles. The van der Waals surface area contributed by atoms with Gasteiger partial charge in [0.25, 0.3) is 0 Å². The van der Waals surface area contributed by atoms with Crippen molar-refractivity contribution in [1.82, 2.24) is 0 Å². The molecule has 0 bridgehead atoms. The van der Waals surface area contributed by atoms with Crippen LogP contribution in [0.2, 0.25) is 0 Å². The highest BCUT2D eigenvalue weighted by molar-refractivity contribution is 9.10. The zero-order valence-electron chi connectivity index (χ0n) is 14.0. The first-order chi connectivity index (χ1) is 12.2. The first kappa shape index (κ1) is 17.5. The zero-order valence-corrected chi connectivity index (χ0v) is 15.5. The average molecular weight is 403 g/mol. The molecule has 0 aliphatic carbocycles. The molecule has 4 nitrogen and oxygen atoms in total. The van der Waals surface area contributed by atoms with Gasteiger partial charge < -0.3 is 13.9 Å². The van der Waals surface area contributed by atoms with Crippen LogP contribution < -0.4 is 4.74 Å². The van der Waals surface area contributed by atoms with Crippen molar-refractivity contribution < 1.29 is 18.7 Å². The second-order valence-corrected chi connectivity index (χ2v) is 6.46. The van der Waals surface area contributed by atoms with E-state index in [1.54, 1.807) is 13.2 Å². The summed E-state index contributed by atoms with van der Waals surface area (Å²) in [6.45, 7) is 2.71. The van der Waals surface area contributed by atoms with Crippen LogP contribution in [0.15, 0.2) is 57.6 Å². The minimum atomic E-state index is -0.243. The van der Waals surface area contributed by atoms with Crippen molar-refractivity contribution in [2.24, 2.45) is 0 Å². The maximum Gasteiger partial charge on any atom is 0.310 e. The fourth-order valence-corrected chi connectivity index (χ4v) is 3.29. The van der Waals surface area contributed by atoms with E-state index in [0.717, 1.165) is 38.7 Å². The summed E-state index contributed by atoms with van der Waals surface area (Å²) < 4.78 is 17.3. The van der Waals surface area contributed by atoms with Crippen molar-refractivity contribution in [3.63, 3.8) is 0 Å². The van der Waals surface area contributed by atoms with Gasteiger partial charge in [0.2, 0.25) is 0 Å². The van der Waals surface area contributed by atoms with Crippen LogP contribution in [0.1, 0.15) is 18.1 Å². The Morgan fingerprint density at radius 3 is 2.88 bits per heavy atom. The van der Waals surface area contributed by atoms with E-state index in [2.05, 4.69) is 22.0 Å². The van der Waals surface area contributed by atoms with E-state index < -0.39 is 0 Å². The first-order valence-electron chi connectivity index (χ1n) is 8.19. The molecular weight excluding hydrogens is 384 g/mol. The van der Waals surface area contributed by atoms with Crippen LogP contribution in [0, 0.1) is 0 Å². The van der Waals surface area contributed by atoms with E-state index in [4.69, 9.17) is 13.9 Å². The van der Waals surface area contributed by atoms with Gasteiger partial charge in [-0.3, -0.25) is 4.79 Å². The molecule has 0 saturated heterocycles. The van der Waals surface area contributed by atoms with Crippen LogP contribution in [-0.2, 0) is 22.4 Å². The summed E-state index contributed by atoms with van der Waals surface area (Å²) in [6, 6.07) is 13.6. The topological polar surface area (TPSA) is 48.7 Å². The molecule has 0 N–H and O–H groups in total. The Hall–Kier alpha value is -2.27. The molecule has 0 fully saturated rings. The largest absolute Gasteiger partial charge is 0.493 e. The summed E-state index contributed by atoms with van der Waals surface area (Å²) in [5, 5.41) is 1.06. The molecule has 25 heavy (non-hydrogen) atoms. The summed E-state index contributed by atoms with van der Waals surface area (Å²) in [5.74, 6) is 0.479. The number of hydrogen-bond acceptors (Lipinski definition) is 4. The van der Waals surface area contributed by atoms with Crippen LogP contribution in [-0.4, -0.2) is 19.2 Å². The number of hydrogen-bond donors (Lipinski definition) is 0. The van der Waals surface area contributed by atoms with Gasteiger partial charge in [0.05, 0.1) is 30.4 Å². The Bertz CT molecular complexity index is 869. The summed E-state index contributed by atoms with van der Waals surface area (Å²) in [6.07, 6.45) is 2.66. The van der Waals surface area contributed by atoms with Gasteiger partial charge in [-0.25, -0.2) is 0 Å². The van der Waals surface area contributed by atoms with Crippen LogP contribution in [0.25, 0.3) is 11.0 Å². The second-order valence-electron chi connectivity index (χ2n) is 5.60. The predicted octanol–water partition coefficient (Wildman–Crippen LogP) is 4.92. The van der Waals surface area contributed by atoms with Crippen molar-refractivity contribution in [1.29, 1.82) is 0 Å². The second kappa shape index (κ2) is 8.21. The summed E-state index contributed by atoms with van der Waals surface area (Å²) in [7, 11) is 0. The standard InChI is InChI=1S/C20H19BrO4/c1-2-23-19(22)13-15-5-3-4-6-18(15)24-9-7-14-11-16-8-10-25-20(16)17(21)12-14/h3-6,8,10-12H,2,7,9,13H2,1H3. The lowest BCUT2D eigenvalue weighted by molar-refractivity contribution is -0.142. The van der Waals surface area contributed by atoms with E-state index in [9.17, 15) is 4.79 Å². The van der Waals surface area contributed by atoms with E-state index in [-0.39, 0.29) is 12.4 Å². The van der Waals surface area contributed by atoms with E-state index in [1.165, 1.54) is 0 Å². The molecule has 0 unspecified atom stereocenters. The van der Waals surface area contributed by atoms with E-state index in [1.807, 2.05) is 36.4 Å². The monoisotopic (exact) mass is 402 g/mol. The van der Waals surface area contributed by atoms with Crippen molar-refractivity contribution in [3.05, 3.63) is 64.3 Å². The first-order valence-corrected chi connectivity index (χ1v) is 8.98. The highest BCUT2D eigenvalue weighted by atomic mass is 79.9. The number of carbonyl (C=O) groups excluding carboxylic acids is 1. The molecule has 0 saturated carbocycles. The smallest absolute Gasteiger partial charge is 0.310 e. The molecular formula is C20H19BrO4. The normalized spacial score (nSPS) is 10.8. The number of para-hydroxylation sites is 1. The highest BCUT2D eigenvalue weighted by Crippen LogP contribution is 2.27. The van der Waals surface area contributed by atoms with Gasteiger partial charge in [0.15, 0.2) is 0 Å². The Balaban J connectivity index is 1.64. The molecule has 130 valence electrons. The average Bonchev–Trinajstić information content (AvgIpc) is 3.06. The van der Waals surface area contributed by atoms with Crippen molar-refractivity contribution in [2.75, 3.05) is 13.2 Å². The lowest BCUT2D eigenvalue weighted by Gasteiger charge is -2.11. The number of carbonyl (C=O) groups is 1. The highest BCUT2D eigenvalue weighted by Gasteiger charge is 2.10. The van der Waals surface area contributed by atoms with Gasteiger partial charge >= 0.3 is 5.97 Å². The Kier molecular flexibility index (Phi) is 5.76. The van der Waals surface area contributed by atoms with Crippen molar-refractivity contribution in [2.45, 2.75) is 19.8 Å². The number of rotatable bonds is 7. The Morgan fingerprint density at radius 2 is 2.04 bits per heavy atom. The minimum Gasteiger partial charge on any atom is -0.493 e. The molecule has 0 aliphatic heterocycles. The van der Waals surface area contributed by atoms with E-state index in [0.29, 0.717) is 13.2 Å².